The largest absolute Gasteiger partial charge is 0.507 e. The normalized spacial score (nSPS) is 10.3. The van der Waals surface area contributed by atoms with Crippen LogP contribution in [0.5, 0.6) is 5.75 Å². The van der Waals surface area contributed by atoms with Crippen molar-refractivity contribution in [2.75, 3.05) is 6.61 Å². The number of benzene rings is 1. The maximum atomic E-state index is 11.8. The molecule has 10 nitrogen and oxygen atoms in total. The molecule has 0 unspecified atom stereocenters. The number of pyridine rings is 1. The van der Waals surface area contributed by atoms with Crippen LogP contribution in [0.25, 0.3) is 32.4 Å². The van der Waals surface area contributed by atoms with Crippen LogP contribution in [0.4, 0.5) is 4.79 Å². The highest BCUT2D eigenvalue weighted by molar-refractivity contribution is 7.18. The Morgan fingerprint density at radius 3 is 2.80 bits per heavy atom. The van der Waals surface area contributed by atoms with E-state index in [2.05, 4.69) is 32.3 Å². The fraction of sp³-hybridized carbons (Fsp3) is 0.125. The lowest BCUT2D eigenvalue weighted by Crippen LogP contribution is -2.24. The number of aromatic nitrogens is 4. The van der Waals surface area contributed by atoms with Gasteiger partial charge >= 0.3 is 12.1 Å². The van der Waals surface area contributed by atoms with Crippen molar-refractivity contribution in [3.63, 3.8) is 0 Å². The maximum absolute atomic E-state index is 11.8. The lowest BCUT2D eigenvalue weighted by molar-refractivity contribution is 0.0693. The number of hydrogen-bond acceptors (Lipinski definition) is 8. The topological polar surface area (TPSA) is 150 Å². The van der Waals surface area contributed by atoms with Gasteiger partial charge in [-0.05, 0) is 37.3 Å². The minimum Gasteiger partial charge on any atom is -0.507 e. The third kappa shape index (κ3) is 5.45. The SMILES string of the molecule is CC#CCOC(=O)NCc1cc(-c2sc(-c3ccc(C(=O)O)c(O)c3)nc2-c2cccnc2)n[nH]1. The van der Waals surface area contributed by atoms with Gasteiger partial charge in [0.2, 0.25) is 0 Å². The Kier molecular flexibility index (Phi) is 7.04. The van der Waals surface area contributed by atoms with Gasteiger partial charge in [0.15, 0.2) is 6.61 Å². The highest BCUT2D eigenvalue weighted by Crippen LogP contribution is 2.40. The summed E-state index contributed by atoms with van der Waals surface area (Å²) in [5.41, 5.74) is 3.00. The molecule has 0 fully saturated rings. The fourth-order valence-electron chi connectivity index (χ4n) is 3.12. The lowest BCUT2D eigenvalue weighted by Gasteiger charge is -2.02. The number of nitrogens with one attached hydrogen (secondary N) is 2. The lowest BCUT2D eigenvalue weighted by atomic mass is 10.1. The van der Waals surface area contributed by atoms with Crippen LogP contribution in [-0.2, 0) is 11.3 Å². The molecule has 0 spiro atoms. The number of ether oxygens (including phenoxy) is 1. The average Bonchev–Trinajstić information content (AvgIpc) is 3.50. The zero-order valence-electron chi connectivity index (χ0n) is 18.4. The number of H-pyrrole nitrogens is 1. The molecule has 3 aromatic heterocycles. The number of phenols is 1. The van der Waals surface area contributed by atoms with Gasteiger partial charge in [0.1, 0.15) is 22.0 Å². The van der Waals surface area contributed by atoms with Gasteiger partial charge in [-0.15, -0.1) is 17.3 Å². The van der Waals surface area contributed by atoms with Crippen LogP contribution in [0, 0.1) is 11.8 Å². The molecule has 176 valence electrons. The third-order valence-corrected chi connectivity index (χ3v) is 5.90. The number of amides is 1. The molecule has 0 radical (unpaired) electrons. The second-order valence-corrected chi connectivity index (χ2v) is 8.11. The molecule has 4 aromatic rings. The van der Waals surface area contributed by atoms with E-state index in [0.29, 0.717) is 27.7 Å². The number of alkyl carbamates (subject to hydrolysis) is 1. The molecule has 1 aromatic carbocycles. The minimum absolute atomic E-state index is 0.0116. The van der Waals surface area contributed by atoms with Crippen molar-refractivity contribution in [3.05, 3.63) is 60.0 Å². The quantitative estimate of drug-likeness (QED) is 0.285. The van der Waals surface area contributed by atoms with E-state index >= 15 is 0 Å². The average molecular weight is 490 g/mol. The van der Waals surface area contributed by atoms with E-state index in [1.54, 1.807) is 37.5 Å². The number of aromatic hydroxyl groups is 1. The Morgan fingerprint density at radius 2 is 2.09 bits per heavy atom. The van der Waals surface area contributed by atoms with Crippen molar-refractivity contribution in [2.24, 2.45) is 0 Å². The van der Waals surface area contributed by atoms with Gasteiger partial charge in [-0.3, -0.25) is 10.1 Å². The van der Waals surface area contributed by atoms with E-state index in [9.17, 15) is 19.8 Å². The van der Waals surface area contributed by atoms with Gasteiger partial charge < -0.3 is 20.3 Å². The van der Waals surface area contributed by atoms with Crippen LogP contribution in [0.1, 0.15) is 23.0 Å². The molecule has 3 heterocycles. The van der Waals surface area contributed by atoms with Crippen LogP contribution in [0.3, 0.4) is 0 Å². The first kappa shape index (κ1) is 23.5. The van der Waals surface area contributed by atoms with Crippen LogP contribution < -0.4 is 5.32 Å². The molecule has 4 rings (SSSR count). The van der Waals surface area contributed by atoms with Crippen molar-refractivity contribution in [2.45, 2.75) is 13.5 Å². The van der Waals surface area contributed by atoms with Crippen LogP contribution >= 0.6 is 11.3 Å². The first-order valence-electron chi connectivity index (χ1n) is 10.3. The predicted molar refractivity (Wildman–Crippen MR) is 129 cm³/mol. The summed E-state index contributed by atoms with van der Waals surface area (Å²) in [5, 5.41) is 29.8. The van der Waals surface area contributed by atoms with Crippen molar-refractivity contribution in [1.29, 1.82) is 0 Å². The summed E-state index contributed by atoms with van der Waals surface area (Å²) in [7, 11) is 0. The molecule has 4 N–H and O–H groups in total. The summed E-state index contributed by atoms with van der Waals surface area (Å²) in [6, 6.07) is 9.74. The Labute approximate surface area is 203 Å². The van der Waals surface area contributed by atoms with Gasteiger partial charge in [0.25, 0.3) is 0 Å². The molecule has 0 bridgehead atoms. The van der Waals surface area contributed by atoms with Crippen molar-refractivity contribution in [1.82, 2.24) is 25.5 Å². The number of rotatable bonds is 7. The zero-order valence-corrected chi connectivity index (χ0v) is 19.2. The van der Waals surface area contributed by atoms with E-state index in [1.807, 2.05) is 6.07 Å². The number of hydrogen-bond donors (Lipinski definition) is 4. The highest BCUT2D eigenvalue weighted by atomic mass is 32.1. The van der Waals surface area contributed by atoms with Gasteiger partial charge in [-0.1, -0.05) is 12.0 Å². The van der Waals surface area contributed by atoms with Gasteiger partial charge in [0, 0.05) is 23.5 Å². The molecule has 0 aliphatic carbocycles. The summed E-state index contributed by atoms with van der Waals surface area (Å²) >= 11 is 1.33. The van der Waals surface area contributed by atoms with E-state index in [4.69, 9.17) is 9.72 Å². The molecule has 0 atom stereocenters. The summed E-state index contributed by atoms with van der Waals surface area (Å²) < 4.78 is 4.93. The number of carbonyl (C=O) groups excluding carboxylic acids is 1. The van der Waals surface area contributed by atoms with Crippen LogP contribution in [0.2, 0.25) is 0 Å². The molecule has 0 aliphatic heterocycles. The Hall–Kier alpha value is -4.69. The molecular weight excluding hydrogens is 470 g/mol. The standard InChI is InChI=1S/C24H19N5O5S/c1-2-3-9-34-24(33)26-13-16-11-18(29-28-16)21-20(15-5-4-8-25-12-15)27-22(35-21)14-6-7-17(23(31)32)19(30)10-14/h4-8,10-12,30H,9,13H2,1H3,(H,26,33)(H,28,29)(H,31,32). The molecule has 0 saturated carbocycles. The Bertz CT molecular complexity index is 1440. The predicted octanol–water partition coefficient (Wildman–Crippen LogP) is 3.92. The number of carboxylic acid groups (broad SMARTS) is 1. The smallest absolute Gasteiger partial charge is 0.408 e. The first-order chi connectivity index (χ1) is 17.0. The molecule has 35 heavy (non-hydrogen) atoms. The van der Waals surface area contributed by atoms with Gasteiger partial charge in [-0.25, -0.2) is 14.6 Å². The van der Waals surface area contributed by atoms with Gasteiger partial charge in [-0.2, -0.15) is 5.10 Å². The van der Waals surface area contributed by atoms with E-state index in [0.717, 1.165) is 10.4 Å². The third-order valence-electron chi connectivity index (χ3n) is 4.78. The van der Waals surface area contributed by atoms with Crippen LogP contribution in [0.15, 0.2) is 48.8 Å². The van der Waals surface area contributed by atoms with Crippen molar-refractivity contribution >= 4 is 23.4 Å². The summed E-state index contributed by atoms with van der Waals surface area (Å²) in [4.78, 5) is 32.6. The fourth-order valence-corrected chi connectivity index (χ4v) is 4.17. The Morgan fingerprint density at radius 1 is 1.23 bits per heavy atom. The monoisotopic (exact) mass is 489 g/mol. The molecule has 1 amide bonds. The number of aromatic carboxylic acids is 1. The van der Waals surface area contributed by atoms with E-state index in [1.165, 1.54) is 23.5 Å². The molecular formula is C24H19N5O5S. The van der Waals surface area contributed by atoms with Crippen molar-refractivity contribution < 1.29 is 24.5 Å². The summed E-state index contributed by atoms with van der Waals surface area (Å²) in [6.45, 7) is 1.84. The Balaban J connectivity index is 1.64. The van der Waals surface area contributed by atoms with Crippen molar-refractivity contribution in [3.8, 4) is 50.0 Å². The number of thiazole rings is 1. The minimum atomic E-state index is -1.22. The second-order valence-electron chi connectivity index (χ2n) is 7.11. The van der Waals surface area contributed by atoms with Gasteiger partial charge in [0.05, 0.1) is 22.8 Å². The number of carboxylic acids is 1. The summed E-state index contributed by atoms with van der Waals surface area (Å²) in [6.07, 6.45) is 2.74. The summed E-state index contributed by atoms with van der Waals surface area (Å²) in [5.74, 6) is 3.72. The molecule has 11 heteroatoms. The number of aromatic amines is 1. The molecule has 0 saturated heterocycles. The first-order valence-corrected chi connectivity index (χ1v) is 11.1. The van der Waals surface area contributed by atoms with E-state index < -0.39 is 12.1 Å². The molecule has 0 aliphatic rings. The zero-order chi connectivity index (χ0) is 24.8. The second kappa shape index (κ2) is 10.5. The van der Waals surface area contributed by atoms with E-state index in [-0.39, 0.29) is 24.5 Å². The highest BCUT2D eigenvalue weighted by Gasteiger charge is 2.20. The van der Waals surface area contributed by atoms with Crippen LogP contribution in [-0.4, -0.2) is 49.0 Å². The number of carbonyl (C=O) groups is 2. The number of nitrogens with zero attached hydrogens (tertiary/aromatic N) is 3. The maximum Gasteiger partial charge on any atom is 0.408 e.